The molecule has 8 heteroatoms. The number of H-pyrrole nitrogens is 1. The number of imidazole rings is 1. The summed E-state index contributed by atoms with van der Waals surface area (Å²) < 4.78 is 6.89. The summed E-state index contributed by atoms with van der Waals surface area (Å²) in [5, 5.41) is 5.83. The highest BCUT2D eigenvalue weighted by Gasteiger charge is 2.12. The third kappa shape index (κ3) is 1.98. The molecule has 0 saturated heterocycles. The second-order valence-corrected chi connectivity index (χ2v) is 5.01. The molecule has 0 atom stereocenters. The Morgan fingerprint density at radius 1 is 1.27 bits per heavy atom. The molecule has 4 aromatic heterocycles. The first-order valence-electron chi connectivity index (χ1n) is 6.74. The first-order chi connectivity index (χ1) is 10.8. The predicted octanol–water partition coefficient (Wildman–Crippen LogP) is 2.72. The van der Waals surface area contributed by atoms with Gasteiger partial charge in [-0.2, -0.15) is 10.1 Å². The van der Waals surface area contributed by atoms with Gasteiger partial charge < -0.3 is 9.72 Å². The molecule has 4 heterocycles. The van der Waals surface area contributed by atoms with E-state index < -0.39 is 0 Å². The third-order valence-corrected chi connectivity index (χ3v) is 3.54. The SMILES string of the molecule is CCOc1ncc2c(-c3ccc4ncc(Cl)n4n3)c[nH]c2n1. The van der Waals surface area contributed by atoms with E-state index in [1.54, 1.807) is 16.9 Å². The van der Waals surface area contributed by atoms with E-state index in [-0.39, 0.29) is 0 Å². The van der Waals surface area contributed by atoms with E-state index in [9.17, 15) is 0 Å². The lowest BCUT2D eigenvalue weighted by Gasteiger charge is -2.02. The van der Waals surface area contributed by atoms with Crippen LogP contribution in [0.3, 0.4) is 0 Å². The zero-order valence-corrected chi connectivity index (χ0v) is 12.4. The highest BCUT2D eigenvalue weighted by Crippen LogP contribution is 2.27. The Bertz CT molecular complexity index is 976. The Hall–Kier alpha value is -2.67. The molecule has 0 aliphatic rings. The molecule has 4 aromatic rings. The van der Waals surface area contributed by atoms with Gasteiger partial charge in [0.15, 0.2) is 10.8 Å². The molecule has 110 valence electrons. The minimum Gasteiger partial charge on any atom is -0.464 e. The molecule has 1 N–H and O–H groups in total. The van der Waals surface area contributed by atoms with Crippen LogP contribution >= 0.6 is 11.6 Å². The molecule has 0 unspecified atom stereocenters. The number of fused-ring (bicyclic) bond motifs is 2. The quantitative estimate of drug-likeness (QED) is 0.629. The van der Waals surface area contributed by atoms with Crippen molar-refractivity contribution in [3.63, 3.8) is 0 Å². The van der Waals surface area contributed by atoms with Gasteiger partial charge in [0, 0.05) is 23.3 Å². The molecule has 0 amide bonds. The van der Waals surface area contributed by atoms with Gasteiger partial charge in [-0.05, 0) is 19.1 Å². The van der Waals surface area contributed by atoms with Crippen molar-refractivity contribution in [2.45, 2.75) is 6.92 Å². The summed E-state index contributed by atoms with van der Waals surface area (Å²) in [7, 11) is 0. The fourth-order valence-electron chi connectivity index (χ4n) is 2.29. The van der Waals surface area contributed by atoms with Gasteiger partial charge in [0.05, 0.1) is 18.5 Å². The molecule has 22 heavy (non-hydrogen) atoms. The Labute approximate surface area is 129 Å². The van der Waals surface area contributed by atoms with Crippen molar-refractivity contribution >= 4 is 28.3 Å². The second kappa shape index (κ2) is 4.96. The molecule has 4 rings (SSSR count). The summed E-state index contributed by atoms with van der Waals surface area (Å²) in [6, 6.07) is 4.10. The zero-order valence-electron chi connectivity index (χ0n) is 11.6. The highest BCUT2D eigenvalue weighted by molar-refractivity contribution is 6.29. The first-order valence-corrected chi connectivity index (χ1v) is 7.11. The van der Waals surface area contributed by atoms with E-state index in [2.05, 4.69) is 25.0 Å². The van der Waals surface area contributed by atoms with E-state index in [0.29, 0.717) is 29.1 Å². The molecule has 7 nitrogen and oxygen atoms in total. The summed E-state index contributed by atoms with van der Waals surface area (Å²) in [4.78, 5) is 15.8. The number of hydrogen-bond donors (Lipinski definition) is 1. The van der Waals surface area contributed by atoms with E-state index in [1.807, 2.05) is 25.3 Å². The summed E-state index contributed by atoms with van der Waals surface area (Å²) in [5.41, 5.74) is 3.05. The molecule has 0 aliphatic heterocycles. The Kier molecular flexibility index (Phi) is 2.93. The number of rotatable bonds is 3. The summed E-state index contributed by atoms with van der Waals surface area (Å²) in [5.74, 6) is 0. The van der Waals surface area contributed by atoms with Gasteiger partial charge in [-0.25, -0.2) is 14.5 Å². The van der Waals surface area contributed by atoms with E-state index in [1.165, 1.54) is 0 Å². The maximum Gasteiger partial charge on any atom is 0.318 e. The minimum atomic E-state index is 0.351. The van der Waals surface area contributed by atoms with Gasteiger partial charge in [0.2, 0.25) is 0 Å². The largest absolute Gasteiger partial charge is 0.464 e. The number of halogens is 1. The molecule has 0 aromatic carbocycles. The van der Waals surface area contributed by atoms with Crippen LogP contribution in [0.4, 0.5) is 0 Å². The number of ether oxygens (including phenoxy) is 1. The lowest BCUT2D eigenvalue weighted by molar-refractivity contribution is 0.314. The molecule has 0 saturated carbocycles. The molecule has 0 bridgehead atoms. The van der Waals surface area contributed by atoms with Crippen LogP contribution in [0.25, 0.3) is 27.9 Å². The lowest BCUT2D eigenvalue weighted by atomic mass is 10.2. The van der Waals surface area contributed by atoms with Crippen LogP contribution in [0, 0.1) is 0 Å². The number of hydrogen-bond acceptors (Lipinski definition) is 5. The summed E-state index contributed by atoms with van der Waals surface area (Å²) in [6.07, 6.45) is 5.13. The zero-order chi connectivity index (χ0) is 15.1. The smallest absolute Gasteiger partial charge is 0.318 e. The topological polar surface area (TPSA) is 81.0 Å². The standard InChI is InChI=1S/C14H11ClN6O/c1-2-22-14-18-6-9-8(5-17-13(9)19-14)10-3-4-12-16-7-11(15)21(12)20-10/h3-7H,2H2,1H3,(H,17,18,19). The second-order valence-electron chi connectivity index (χ2n) is 4.62. The normalized spacial score (nSPS) is 11.4. The summed E-state index contributed by atoms with van der Waals surface area (Å²) >= 11 is 6.07. The maximum atomic E-state index is 6.07. The van der Waals surface area contributed by atoms with Crippen molar-refractivity contribution in [2.75, 3.05) is 6.61 Å². The van der Waals surface area contributed by atoms with E-state index in [0.717, 1.165) is 16.6 Å². The van der Waals surface area contributed by atoms with Crippen LogP contribution in [-0.2, 0) is 0 Å². The van der Waals surface area contributed by atoms with Crippen molar-refractivity contribution in [3.05, 3.63) is 35.9 Å². The minimum absolute atomic E-state index is 0.351. The molecule has 0 fully saturated rings. The van der Waals surface area contributed by atoms with Crippen molar-refractivity contribution in [1.82, 2.24) is 29.5 Å². The molecule has 0 radical (unpaired) electrons. The van der Waals surface area contributed by atoms with Crippen LogP contribution in [0.15, 0.2) is 30.7 Å². The number of nitrogens with zero attached hydrogens (tertiary/aromatic N) is 5. The molecule has 0 spiro atoms. The van der Waals surface area contributed by atoms with Crippen LogP contribution in [0.2, 0.25) is 5.15 Å². The number of aromatic nitrogens is 6. The highest BCUT2D eigenvalue weighted by atomic mass is 35.5. The van der Waals surface area contributed by atoms with Crippen LogP contribution in [-0.4, -0.2) is 36.2 Å². The molecular weight excluding hydrogens is 304 g/mol. The van der Waals surface area contributed by atoms with Gasteiger partial charge in [-0.1, -0.05) is 11.6 Å². The van der Waals surface area contributed by atoms with Gasteiger partial charge in [0.25, 0.3) is 0 Å². The Morgan fingerprint density at radius 3 is 3.05 bits per heavy atom. The molecule has 0 aliphatic carbocycles. The van der Waals surface area contributed by atoms with Gasteiger partial charge in [-0.3, -0.25) is 0 Å². The monoisotopic (exact) mass is 314 g/mol. The average molecular weight is 315 g/mol. The number of aromatic amines is 1. The van der Waals surface area contributed by atoms with E-state index >= 15 is 0 Å². The van der Waals surface area contributed by atoms with Crippen molar-refractivity contribution < 1.29 is 4.74 Å². The van der Waals surface area contributed by atoms with Gasteiger partial charge in [0.1, 0.15) is 5.65 Å². The Morgan fingerprint density at radius 2 is 2.18 bits per heavy atom. The average Bonchev–Trinajstić information content (AvgIpc) is 3.11. The molecular formula is C14H11ClN6O. The first kappa shape index (κ1) is 13.0. The predicted molar refractivity (Wildman–Crippen MR) is 82.0 cm³/mol. The van der Waals surface area contributed by atoms with Crippen LogP contribution < -0.4 is 4.74 Å². The van der Waals surface area contributed by atoms with Crippen LogP contribution in [0.1, 0.15) is 6.92 Å². The number of nitrogens with one attached hydrogen (secondary N) is 1. The third-order valence-electron chi connectivity index (χ3n) is 3.28. The summed E-state index contributed by atoms with van der Waals surface area (Å²) in [6.45, 7) is 2.41. The van der Waals surface area contributed by atoms with Gasteiger partial charge in [-0.15, -0.1) is 0 Å². The van der Waals surface area contributed by atoms with Crippen molar-refractivity contribution in [2.24, 2.45) is 0 Å². The van der Waals surface area contributed by atoms with Crippen molar-refractivity contribution in [1.29, 1.82) is 0 Å². The lowest BCUT2D eigenvalue weighted by Crippen LogP contribution is -1.97. The van der Waals surface area contributed by atoms with Crippen molar-refractivity contribution in [3.8, 4) is 17.3 Å². The van der Waals surface area contributed by atoms with Crippen LogP contribution in [0.5, 0.6) is 6.01 Å². The Balaban J connectivity index is 1.86. The maximum absolute atomic E-state index is 6.07. The fraction of sp³-hybridized carbons (Fsp3) is 0.143. The fourth-order valence-corrected chi connectivity index (χ4v) is 2.46. The van der Waals surface area contributed by atoms with Gasteiger partial charge >= 0.3 is 6.01 Å². The van der Waals surface area contributed by atoms with E-state index in [4.69, 9.17) is 16.3 Å².